The third-order valence-electron chi connectivity index (χ3n) is 2.60. The molecule has 1 aromatic carbocycles. The maximum Gasteiger partial charge on any atom is 0.416 e. The predicted molar refractivity (Wildman–Crippen MR) is 70.8 cm³/mol. The molecule has 0 aliphatic heterocycles. The summed E-state index contributed by atoms with van der Waals surface area (Å²) in [7, 11) is 0. The van der Waals surface area contributed by atoms with Crippen LogP contribution < -0.4 is 5.32 Å². The Morgan fingerprint density at radius 2 is 1.67 bits per heavy atom. The number of alkyl halides is 4. The van der Waals surface area contributed by atoms with E-state index in [2.05, 4.69) is 21.2 Å². The van der Waals surface area contributed by atoms with E-state index in [1.165, 1.54) is 12.1 Å². The summed E-state index contributed by atoms with van der Waals surface area (Å²) in [5, 5.41) is 4.24. The third-order valence-corrected chi connectivity index (χ3v) is 3.16. The topological polar surface area (TPSA) is 12.0 Å². The lowest BCUT2D eigenvalue weighted by Gasteiger charge is -2.08. The van der Waals surface area contributed by atoms with E-state index >= 15 is 0 Å². The van der Waals surface area contributed by atoms with E-state index in [1.807, 2.05) is 0 Å². The molecule has 0 saturated carbocycles. The first-order valence-corrected chi connectivity index (χ1v) is 7.09. The van der Waals surface area contributed by atoms with Gasteiger partial charge in [-0.25, -0.2) is 0 Å². The lowest BCUT2D eigenvalue weighted by Crippen LogP contribution is -2.15. The van der Waals surface area contributed by atoms with Crippen molar-refractivity contribution in [1.29, 1.82) is 0 Å². The standard InChI is InChI=1S/C13H17BrF3N/c14-8-2-1-3-9-18-10-11-4-6-12(7-5-11)13(15,16)17/h4-7,18H,1-3,8-10H2. The fourth-order valence-corrected chi connectivity index (χ4v) is 1.96. The first-order chi connectivity index (χ1) is 8.54. The fourth-order valence-electron chi connectivity index (χ4n) is 1.57. The molecule has 18 heavy (non-hydrogen) atoms. The second kappa shape index (κ2) is 7.79. The highest BCUT2D eigenvalue weighted by Gasteiger charge is 2.29. The van der Waals surface area contributed by atoms with Crippen LogP contribution in [0.1, 0.15) is 30.4 Å². The van der Waals surface area contributed by atoms with Crippen LogP contribution in [-0.2, 0) is 12.7 Å². The summed E-state index contributed by atoms with van der Waals surface area (Å²) in [6, 6.07) is 5.30. The quantitative estimate of drug-likeness (QED) is 0.580. The Morgan fingerprint density at radius 3 is 2.22 bits per heavy atom. The molecule has 0 amide bonds. The molecule has 1 rings (SSSR count). The van der Waals surface area contributed by atoms with Crippen LogP contribution in [0.5, 0.6) is 0 Å². The summed E-state index contributed by atoms with van der Waals surface area (Å²) in [5.41, 5.74) is 0.284. The van der Waals surface area contributed by atoms with Crippen molar-refractivity contribution in [1.82, 2.24) is 5.32 Å². The average Bonchev–Trinajstić information content (AvgIpc) is 2.33. The van der Waals surface area contributed by atoms with E-state index in [9.17, 15) is 13.2 Å². The van der Waals surface area contributed by atoms with E-state index in [1.54, 1.807) is 0 Å². The zero-order chi connectivity index (χ0) is 13.4. The van der Waals surface area contributed by atoms with Crippen molar-refractivity contribution in [3.8, 4) is 0 Å². The molecule has 0 saturated heterocycles. The van der Waals surface area contributed by atoms with Crippen LogP contribution in [0.4, 0.5) is 13.2 Å². The molecule has 0 atom stereocenters. The first kappa shape index (κ1) is 15.5. The zero-order valence-corrected chi connectivity index (χ0v) is 11.6. The second-order valence-corrected chi connectivity index (χ2v) is 4.91. The normalized spacial score (nSPS) is 11.8. The van der Waals surface area contributed by atoms with Gasteiger partial charge in [-0.1, -0.05) is 34.5 Å². The van der Waals surface area contributed by atoms with Crippen LogP contribution in [-0.4, -0.2) is 11.9 Å². The van der Waals surface area contributed by atoms with Crippen molar-refractivity contribution >= 4 is 15.9 Å². The van der Waals surface area contributed by atoms with Gasteiger partial charge in [-0.05, 0) is 37.1 Å². The van der Waals surface area contributed by atoms with Crippen LogP contribution in [0, 0.1) is 0 Å². The molecule has 0 aromatic heterocycles. The molecule has 0 heterocycles. The molecule has 0 aliphatic rings. The Bertz CT molecular complexity index is 335. The molecule has 1 nitrogen and oxygen atoms in total. The summed E-state index contributed by atoms with van der Waals surface area (Å²) in [5.74, 6) is 0. The third kappa shape index (κ3) is 5.87. The monoisotopic (exact) mass is 323 g/mol. The molecule has 0 fully saturated rings. The van der Waals surface area contributed by atoms with E-state index < -0.39 is 11.7 Å². The van der Waals surface area contributed by atoms with Gasteiger partial charge < -0.3 is 5.32 Å². The van der Waals surface area contributed by atoms with Gasteiger partial charge in [-0.3, -0.25) is 0 Å². The van der Waals surface area contributed by atoms with Gasteiger partial charge in [-0.15, -0.1) is 0 Å². The number of benzene rings is 1. The average molecular weight is 324 g/mol. The van der Waals surface area contributed by atoms with Crippen molar-refractivity contribution in [2.75, 3.05) is 11.9 Å². The number of unbranched alkanes of at least 4 members (excludes halogenated alkanes) is 2. The number of nitrogens with one attached hydrogen (secondary N) is 1. The van der Waals surface area contributed by atoms with Crippen molar-refractivity contribution in [3.05, 3.63) is 35.4 Å². The van der Waals surface area contributed by atoms with Gasteiger partial charge in [0.15, 0.2) is 0 Å². The molecular formula is C13H17BrF3N. The van der Waals surface area contributed by atoms with Gasteiger partial charge in [0.05, 0.1) is 5.56 Å². The van der Waals surface area contributed by atoms with Crippen molar-refractivity contribution in [2.45, 2.75) is 32.0 Å². The molecule has 1 aromatic rings. The van der Waals surface area contributed by atoms with Crippen LogP contribution in [0.15, 0.2) is 24.3 Å². The van der Waals surface area contributed by atoms with Gasteiger partial charge >= 0.3 is 6.18 Å². The Labute approximate surface area is 114 Å². The van der Waals surface area contributed by atoms with E-state index in [4.69, 9.17) is 0 Å². The van der Waals surface area contributed by atoms with E-state index in [-0.39, 0.29) is 0 Å². The molecule has 0 bridgehead atoms. The molecule has 5 heteroatoms. The summed E-state index contributed by atoms with van der Waals surface area (Å²) in [6.07, 6.45) is -0.846. The predicted octanol–water partition coefficient (Wildman–Crippen LogP) is 4.36. The highest BCUT2D eigenvalue weighted by molar-refractivity contribution is 9.09. The SMILES string of the molecule is FC(F)(F)c1ccc(CNCCCCCBr)cc1. The Kier molecular flexibility index (Phi) is 6.71. The minimum atomic E-state index is -4.25. The molecular weight excluding hydrogens is 307 g/mol. The molecule has 0 unspecified atom stereocenters. The smallest absolute Gasteiger partial charge is 0.313 e. The van der Waals surface area contributed by atoms with E-state index in [0.717, 1.165) is 48.8 Å². The Balaban J connectivity index is 2.27. The minimum absolute atomic E-state index is 0.594. The molecule has 0 aliphatic carbocycles. The van der Waals surface area contributed by atoms with Crippen LogP contribution in [0.25, 0.3) is 0 Å². The van der Waals surface area contributed by atoms with Gasteiger partial charge in [0, 0.05) is 11.9 Å². The fraction of sp³-hybridized carbons (Fsp3) is 0.538. The van der Waals surface area contributed by atoms with E-state index in [0.29, 0.717) is 6.54 Å². The summed E-state index contributed by atoms with van der Waals surface area (Å²) < 4.78 is 37.0. The summed E-state index contributed by atoms with van der Waals surface area (Å²) >= 11 is 3.37. The maximum absolute atomic E-state index is 12.3. The number of hydrogen-bond donors (Lipinski definition) is 1. The summed E-state index contributed by atoms with van der Waals surface area (Å²) in [4.78, 5) is 0. The number of hydrogen-bond acceptors (Lipinski definition) is 1. The first-order valence-electron chi connectivity index (χ1n) is 5.97. The number of halogens is 4. The second-order valence-electron chi connectivity index (χ2n) is 4.12. The zero-order valence-electron chi connectivity index (χ0n) is 10.1. The highest BCUT2D eigenvalue weighted by atomic mass is 79.9. The van der Waals surface area contributed by atoms with Crippen molar-refractivity contribution in [2.24, 2.45) is 0 Å². The van der Waals surface area contributed by atoms with Crippen LogP contribution in [0.3, 0.4) is 0 Å². The van der Waals surface area contributed by atoms with Gasteiger partial charge in [0.2, 0.25) is 0 Å². The van der Waals surface area contributed by atoms with Crippen molar-refractivity contribution in [3.63, 3.8) is 0 Å². The van der Waals surface area contributed by atoms with Gasteiger partial charge in [0.1, 0.15) is 0 Å². The molecule has 0 radical (unpaired) electrons. The van der Waals surface area contributed by atoms with Crippen molar-refractivity contribution < 1.29 is 13.2 Å². The number of rotatable bonds is 7. The summed E-state index contributed by atoms with van der Waals surface area (Å²) in [6.45, 7) is 1.51. The van der Waals surface area contributed by atoms with Gasteiger partial charge in [-0.2, -0.15) is 13.2 Å². The van der Waals surface area contributed by atoms with Gasteiger partial charge in [0.25, 0.3) is 0 Å². The lowest BCUT2D eigenvalue weighted by molar-refractivity contribution is -0.137. The Morgan fingerprint density at radius 1 is 1.00 bits per heavy atom. The molecule has 1 N–H and O–H groups in total. The Hall–Kier alpha value is -0.550. The highest BCUT2D eigenvalue weighted by Crippen LogP contribution is 2.28. The minimum Gasteiger partial charge on any atom is -0.313 e. The molecule has 0 spiro atoms. The van der Waals surface area contributed by atoms with Crippen LogP contribution in [0.2, 0.25) is 0 Å². The van der Waals surface area contributed by atoms with Crippen LogP contribution >= 0.6 is 15.9 Å². The largest absolute Gasteiger partial charge is 0.416 e. The lowest BCUT2D eigenvalue weighted by atomic mass is 10.1. The maximum atomic E-state index is 12.3. The molecule has 102 valence electrons.